The van der Waals surface area contributed by atoms with Crippen molar-refractivity contribution in [1.29, 1.82) is 5.26 Å². The van der Waals surface area contributed by atoms with Crippen LogP contribution in [0.25, 0.3) is 11.1 Å². The van der Waals surface area contributed by atoms with Gasteiger partial charge in [-0.3, -0.25) is 0 Å². The molecule has 0 fully saturated rings. The van der Waals surface area contributed by atoms with Crippen LogP contribution in [0.1, 0.15) is 60.1 Å². The Balaban J connectivity index is 1.34. The van der Waals surface area contributed by atoms with Gasteiger partial charge in [-0.05, 0) is 81.3 Å². The van der Waals surface area contributed by atoms with Crippen LogP contribution >= 0.6 is 0 Å². The summed E-state index contributed by atoms with van der Waals surface area (Å²) >= 11 is 0. The van der Waals surface area contributed by atoms with Gasteiger partial charge in [-0.15, -0.1) is 0 Å². The molecule has 1 aliphatic rings. The van der Waals surface area contributed by atoms with Crippen molar-refractivity contribution in [2.24, 2.45) is 5.41 Å². The highest BCUT2D eigenvalue weighted by molar-refractivity contribution is 5.86. The summed E-state index contributed by atoms with van der Waals surface area (Å²) < 4.78 is 6.38. The minimum absolute atomic E-state index is 0.122. The minimum atomic E-state index is -0.511. The summed E-state index contributed by atoms with van der Waals surface area (Å²) in [7, 11) is 0. The fraction of sp³-hybridized carbons (Fsp3) is 0.184. The molecular weight excluding hydrogens is 502 g/mol. The summed E-state index contributed by atoms with van der Waals surface area (Å²) in [6, 6.07) is 43.4. The molecule has 0 radical (unpaired) electrons. The van der Waals surface area contributed by atoms with E-state index >= 15 is 0 Å². The number of hydrogen-bond donors (Lipinski definition) is 1. The maximum absolute atomic E-state index is 10.1. The van der Waals surface area contributed by atoms with E-state index in [1.165, 1.54) is 27.8 Å². The van der Waals surface area contributed by atoms with Crippen LogP contribution in [-0.4, -0.2) is 11.7 Å². The van der Waals surface area contributed by atoms with Crippen LogP contribution in [0, 0.1) is 16.7 Å². The number of nitrogens with zero attached hydrogens (tertiary/aromatic N) is 1. The molecule has 5 aromatic rings. The first kappa shape index (κ1) is 26.4. The lowest BCUT2D eigenvalue weighted by molar-refractivity contribution is 0.155. The smallest absolute Gasteiger partial charge is 0.119 e. The number of aromatic hydroxyl groups is 1. The molecule has 0 spiro atoms. The summed E-state index contributed by atoms with van der Waals surface area (Å²) in [6.45, 7) is 7.21. The first-order valence-corrected chi connectivity index (χ1v) is 14.1. The number of nitriles is 1. The van der Waals surface area contributed by atoms with Crippen LogP contribution in [0.3, 0.4) is 0 Å². The van der Waals surface area contributed by atoms with E-state index in [0.717, 1.165) is 16.9 Å². The van der Waals surface area contributed by atoms with E-state index in [4.69, 9.17) is 10.00 Å². The normalized spacial score (nSPS) is 14.0. The van der Waals surface area contributed by atoms with Crippen molar-refractivity contribution in [2.45, 2.75) is 32.1 Å². The maximum Gasteiger partial charge on any atom is 0.119 e. The predicted octanol–water partition coefficient (Wildman–Crippen LogP) is 8.84. The highest BCUT2D eigenvalue weighted by Gasteiger charge is 2.45. The summed E-state index contributed by atoms with van der Waals surface area (Å²) in [6.07, 6.45) is 0. The molecule has 3 heteroatoms. The zero-order chi connectivity index (χ0) is 28.6. The van der Waals surface area contributed by atoms with Crippen LogP contribution in [0.2, 0.25) is 0 Å². The van der Waals surface area contributed by atoms with Gasteiger partial charge >= 0.3 is 0 Å². The topological polar surface area (TPSA) is 53.2 Å². The maximum atomic E-state index is 10.1. The zero-order valence-corrected chi connectivity index (χ0v) is 23.6. The second kappa shape index (κ2) is 10.3. The van der Waals surface area contributed by atoms with Crippen molar-refractivity contribution in [3.63, 3.8) is 0 Å². The Labute approximate surface area is 242 Å². The van der Waals surface area contributed by atoms with Crippen LogP contribution < -0.4 is 4.74 Å². The second-order valence-corrected chi connectivity index (χ2v) is 11.6. The van der Waals surface area contributed by atoms with Gasteiger partial charge in [0, 0.05) is 5.41 Å². The number of phenolic OH excluding ortho intramolecular Hbond substituents is 1. The summed E-state index contributed by atoms with van der Waals surface area (Å²) in [5.41, 5.74) is 8.43. The van der Waals surface area contributed by atoms with E-state index in [1.54, 1.807) is 12.1 Å². The Morgan fingerprint density at radius 1 is 0.732 bits per heavy atom. The zero-order valence-electron chi connectivity index (χ0n) is 23.6. The molecule has 6 rings (SSSR count). The monoisotopic (exact) mass is 535 g/mol. The van der Waals surface area contributed by atoms with Crippen molar-refractivity contribution in [3.8, 4) is 28.7 Å². The second-order valence-electron chi connectivity index (χ2n) is 11.6. The predicted molar refractivity (Wildman–Crippen MR) is 164 cm³/mol. The summed E-state index contributed by atoms with van der Waals surface area (Å²) in [5.74, 6) is 1.33. The first-order chi connectivity index (χ1) is 19.8. The van der Waals surface area contributed by atoms with Crippen LogP contribution in [0.4, 0.5) is 0 Å². The Morgan fingerprint density at radius 3 is 1.78 bits per heavy atom. The average molecular weight is 536 g/mol. The van der Waals surface area contributed by atoms with Crippen LogP contribution in [0.15, 0.2) is 121 Å². The van der Waals surface area contributed by atoms with Crippen molar-refractivity contribution < 1.29 is 9.84 Å². The molecule has 3 nitrogen and oxygen atoms in total. The van der Waals surface area contributed by atoms with Crippen molar-refractivity contribution in [1.82, 2.24) is 0 Å². The van der Waals surface area contributed by atoms with Crippen molar-refractivity contribution in [2.75, 3.05) is 6.61 Å². The molecule has 0 aromatic heterocycles. The number of rotatable bonds is 7. The first-order valence-electron chi connectivity index (χ1n) is 14.1. The van der Waals surface area contributed by atoms with Gasteiger partial charge in [0.25, 0.3) is 0 Å². The van der Waals surface area contributed by atoms with Crippen molar-refractivity contribution in [3.05, 3.63) is 155 Å². The molecule has 0 saturated carbocycles. The van der Waals surface area contributed by atoms with Gasteiger partial charge in [0.15, 0.2) is 0 Å². The third-order valence-corrected chi connectivity index (χ3v) is 8.86. The number of fused-ring (bicyclic) bond motifs is 3. The molecule has 1 aliphatic carbocycles. The van der Waals surface area contributed by atoms with Crippen LogP contribution in [0.5, 0.6) is 11.5 Å². The molecular formula is C38H33NO2. The number of ether oxygens (including phenoxy) is 1. The lowest BCUT2D eigenvalue weighted by atomic mass is 9.68. The minimum Gasteiger partial charge on any atom is -0.508 e. The Kier molecular flexibility index (Phi) is 6.64. The van der Waals surface area contributed by atoms with Gasteiger partial charge in [-0.25, -0.2) is 0 Å². The lowest BCUT2D eigenvalue weighted by Gasteiger charge is -2.34. The molecule has 0 saturated heterocycles. The van der Waals surface area contributed by atoms with Gasteiger partial charge in [0.05, 0.1) is 23.7 Å². The highest BCUT2D eigenvalue weighted by atomic mass is 16.5. The average Bonchev–Trinajstić information content (AvgIpc) is 3.32. The quantitative estimate of drug-likeness (QED) is 0.222. The van der Waals surface area contributed by atoms with E-state index in [0.29, 0.717) is 12.2 Å². The molecule has 0 bridgehead atoms. The summed E-state index contributed by atoms with van der Waals surface area (Å²) in [5, 5.41) is 19.2. The largest absolute Gasteiger partial charge is 0.508 e. The molecule has 0 aliphatic heterocycles. The Morgan fingerprint density at radius 2 is 1.24 bits per heavy atom. The fourth-order valence-electron chi connectivity index (χ4n) is 6.23. The van der Waals surface area contributed by atoms with E-state index in [2.05, 4.69) is 99.6 Å². The van der Waals surface area contributed by atoms with E-state index in [-0.39, 0.29) is 17.1 Å². The number of benzene rings is 5. The standard InChI is InChI=1S/C38H33NO2/c1-26(28-14-12-27(24-39)13-15-28)37(2,3)25-41-32-22-18-30(19-23-32)38(29-16-20-31(40)21-17-29)35-10-6-4-8-33(35)34-9-5-7-11-36(34)38/h4-23,26,40H,25H2,1-3H3. The van der Waals surface area contributed by atoms with Gasteiger partial charge in [0.1, 0.15) is 11.5 Å². The molecule has 1 unspecified atom stereocenters. The van der Waals surface area contributed by atoms with Gasteiger partial charge < -0.3 is 9.84 Å². The lowest BCUT2D eigenvalue weighted by Crippen LogP contribution is -2.29. The molecule has 1 N–H and O–H groups in total. The molecule has 41 heavy (non-hydrogen) atoms. The highest BCUT2D eigenvalue weighted by Crippen LogP contribution is 2.56. The van der Waals surface area contributed by atoms with Crippen molar-refractivity contribution >= 4 is 0 Å². The number of phenols is 1. The molecule has 0 heterocycles. The Hall–Kier alpha value is -4.81. The summed E-state index contributed by atoms with van der Waals surface area (Å²) in [4.78, 5) is 0. The third kappa shape index (κ3) is 4.46. The molecule has 5 aromatic carbocycles. The Bertz CT molecular complexity index is 1680. The molecule has 1 atom stereocenters. The molecule has 0 amide bonds. The number of hydrogen-bond acceptors (Lipinski definition) is 3. The van der Waals surface area contributed by atoms with E-state index in [9.17, 15) is 5.11 Å². The third-order valence-electron chi connectivity index (χ3n) is 8.86. The van der Waals surface area contributed by atoms with E-state index in [1.807, 2.05) is 36.4 Å². The van der Waals surface area contributed by atoms with Gasteiger partial charge in [0.2, 0.25) is 0 Å². The SMILES string of the molecule is CC(c1ccc(C#N)cc1)C(C)(C)COc1ccc(C2(c3ccc(O)cc3)c3ccccc3-c3ccccc32)cc1. The van der Waals surface area contributed by atoms with Gasteiger partial charge in [-0.1, -0.05) is 106 Å². The van der Waals surface area contributed by atoms with E-state index < -0.39 is 5.41 Å². The van der Waals surface area contributed by atoms with Gasteiger partial charge in [-0.2, -0.15) is 5.26 Å². The fourth-order valence-corrected chi connectivity index (χ4v) is 6.23. The van der Waals surface area contributed by atoms with Crippen LogP contribution in [-0.2, 0) is 5.41 Å². The molecule has 202 valence electrons.